The Morgan fingerprint density at radius 2 is 2.35 bits per heavy atom. The summed E-state index contributed by atoms with van der Waals surface area (Å²) >= 11 is 1.43. The van der Waals surface area contributed by atoms with Gasteiger partial charge in [-0.15, -0.1) is 5.10 Å². The number of nitrogens with zero attached hydrogens (tertiary/aromatic N) is 5. The van der Waals surface area contributed by atoms with Gasteiger partial charge in [-0.25, -0.2) is 14.5 Å². The molecule has 0 aliphatic heterocycles. The molecule has 0 saturated carbocycles. The second-order valence-electron chi connectivity index (χ2n) is 3.77. The van der Waals surface area contributed by atoms with Crippen molar-refractivity contribution in [2.24, 2.45) is 5.73 Å². The van der Waals surface area contributed by atoms with E-state index in [4.69, 9.17) is 5.73 Å². The third kappa shape index (κ3) is 3.52. The summed E-state index contributed by atoms with van der Waals surface area (Å²) < 4.78 is 6.27. The normalized spacial score (nSPS) is 10.5. The van der Waals surface area contributed by atoms with Crippen molar-refractivity contribution in [3.05, 3.63) is 29.6 Å². The van der Waals surface area contributed by atoms with Crippen LogP contribution >= 0.6 is 11.8 Å². The highest BCUT2D eigenvalue weighted by molar-refractivity contribution is 7.98. The number of rotatable bonds is 6. The SMILES string of the molecule is COC(=O)c1cccc(CSc2nnnn2CCN)n1. The molecule has 106 valence electrons. The van der Waals surface area contributed by atoms with Crippen molar-refractivity contribution < 1.29 is 9.53 Å². The third-order valence-corrected chi connectivity index (χ3v) is 3.38. The highest BCUT2D eigenvalue weighted by Crippen LogP contribution is 2.18. The molecule has 0 radical (unpaired) electrons. The van der Waals surface area contributed by atoms with Gasteiger partial charge >= 0.3 is 5.97 Å². The van der Waals surface area contributed by atoms with Crippen molar-refractivity contribution in [3.8, 4) is 0 Å². The molecule has 0 saturated heterocycles. The Bertz CT molecular complexity index is 588. The first kappa shape index (κ1) is 14.4. The molecule has 20 heavy (non-hydrogen) atoms. The lowest BCUT2D eigenvalue weighted by molar-refractivity contribution is 0.0594. The monoisotopic (exact) mass is 294 g/mol. The maximum atomic E-state index is 11.4. The van der Waals surface area contributed by atoms with E-state index in [9.17, 15) is 4.79 Å². The number of thioether (sulfide) groups is 1. The van der Waals surface area contributed by atoms with Crippen LogP contribution in [0.5, 0.6) is 0 Å². The highest BCUT2D eigenvalue weighted by atomic mass is 32.2. The average Bonchev–Trinajstić information content (AvgIpc) is 2.92. The largest absolute Gasteiger partial charge is 0.464 e. The van der Waals surface area contributed by atoms with Gasteiger partial charge in [-0.3, -0.25) is 0 Å². The van der Waals surface area contributed by atoms with Gasteiger partial charge in [-0.2, -0.15) is 0 Å². The summed E-state index contributed by atoms with van der Waals surface area (Å²) in [6.45, 7) is 1.03. The predicted octanol–water partition coefficient (Wildman–Crippen LogP) is 0.106. The number of carbonyl (C=O) groups excluding carboxylic acids is 1. The summed E-state index contributed by atoms with van der Waals surface area (Å²) in [5, 5.41) is 12.0. The van der Waals surface area contributed by atoms with Crippen LogP contribution in [0.3, 0.4) is 0 Å². The summed E-state index contributed by atoms with van der Waals surface area (Å²) in [4.78, 5) is 15.6. The number of methoxy groups -OCH3 is 1. The first-order valence-electron chi connectivity index (χ1n) is 5.88. The van der Waals surface area contributed by atoms with Crippen molar-refractivity contribution >= 4 is 17.7 Å². The molecule has 2 aromatic heterocycles. The first-order chi connectivity index (χ1) is 9.74. The lowest BCUT2D eigenvalue weighted by Gasteiger charge is -2.04. The summed E-state index contributed by atoms with van der Waals surface area (Å²) in [7, 11) is 1.33. The smallest absolute Gasteiger partial charge is 0.356 e. The maximum absolute atomic E-state index is 11.4. The van der Waals surface area contributed by atoms with Crippen molar-refractivity contribution in [2.75, 3.05) is 13.7 Å². The molecule has 2 heterocycles. The zero-order valence-electron chi connectivity index (χ0n) is 10.9. The van der Waals surface area contributed by atoms with E-state index in [1.54, 1.807) is 16.8 Å². The molecule has 9 heteroatoms. The maximum Gasteiger partial charge on any atom is 0.356 e. The molecule has 2 rings (SSSR count). The fraction of sp³-hybridized carbons (Fsp3) is 0.364. The van der Waals surface area contributed by atoms with Gasteiger partial charge in [-0.05, 0) is 22.6 Å². The summed E-state index contributed by atoms with van der Waals surface area (Å²) in [6, 6.07) is 5.20. The van der Waals surface area contributed by atoms with Gasteiger partial charge in [0.25, 0.3) is 0 Å². The second-order valence-corrected chi connectivity index (χ2v) is 4.71. The van der Waals surface area contributed by atoms with Gasteiger partial charge in [0.15, 0.2) is 0 Å². The quantitative estimate of drug-likeness (QED) is 0.590. The van der Waals surface area contributed by atoms with Crippen LogP contribution in [0.2, 0.25) is 0 Å². The molecule has 0 spiro atoms. The fourth-order valence-corrected chi connectivity index (χ4v) is 2.29. The second kappa shape index (κ2) is 6.96. The van der Waals surface area contributed by atoms with Crippen LogP contribution < -0.4 is 5.73 Å². The van der Waals surface area contributed by atoms with Crippen molar-refractivity contribution in [3.63, 3.8) is 0 Å². The van der Waals surface area contributed by atoms with E-state index in [0.717, 1.165) is 5.69 Å². The zero-order valence-corrected chi connectivity index (χ0v) is 11.7. The minimum atomic E-state index is -0.454. The lowest BCUT2D eigenvalue weighted by Crippen LogP contribution is -2.12. The number of hydrogen-bond acceptors (Lipinski definition) is 8. The predicted molar refractivity (Wildman–Crippen MR) is 72.0 cm³/mol. The van der Waals surface area contributed by atoms with Crippen LogP contribution in [0.1, 0.15) is 16.2 Å². The Hall–Kier alpha value is -2.00. The number of aromatic nitrogens is 5. The van der Waals surface area contributed by atoms with E-state index in [-0.39, 0.29) is 5.69 Å². The Balaban J connectivity index is 2.03. The van der Waals surface area contributed by atoms with Gasteiger partial charge < -0.3 is 10.5 Å². The van der Waals surface area contributed by atoms with E-state index in [0.29, 0.717) is 24.0 Å². The van der Waals surface area contributed by atoms with Crippen LogP contribution in [0.25, 0.3) is 0 Å². The van der Waals surface area contributed by atoms with E-state index in [1.165, 1.54) is 18.9 Å². The molecule has 0 amide bonds. The van der Waals surface area contributed by atoms with Gasteiger partial charge in [0, 0.05) is 12.3 Å². The van der Waals surface area contributed by atoms with Crippen LogP contribution in [0.4, 0.5) is 0 Å². The first-order valence-corrected chi connectivity index (χ1v) is 6.86. The molecule has 8 nitrogen and oxygen atoms in total. The third-order valence-electron chi connectivity index (χ3n) is 2.39. The standard InChI is InChI=1S/C11H14N6O2S/c1-19-10(18)9-4-2-3-8(13-9)7-20-11-14-15-16-17(11)6-5-12/h2-4H,5-7,12H2,1H3. The zero-order chi connectivity index (χ0) is 14.4. The molecule has 2 N–H and O–H groups in total. The van der Waals surface area contributed by atoms with E-state index in [2.05, 4.69) is 25.2 Å². The Kier molecular flexibility index (Phi) is 5.02. The number of tetrazole rings is 1. The lowest BCUT2D eigenvalue weighted by atomic mass is 10.3. The van der Waals surface area contributed by atoms with Gasteiger partial charge in [-0.1, -0.05) is 17.8 Å². The summed E-state index contributed by atoms with van der Waals surface area (Å²) in [5.41, 5.74) is 6.51. The number of carbonyl (C=O) groups is 1. The molecule has 0 unspecified atom stereocenters. The topological polar surface area (TPSA) is 109 Å². The van der Waals surface area contributed by atoms with Crippen molar-refractivity contribution in [1.82, 2.24) is 25.2 Å². The minimum Gasteiger partial charge on any atom is -0.464 e. The molecule has 0 aromatic carbocycles. The van der Waals surface area contributed by atoms with Gasteiger partial charge in [0.1, 0.15) is 5.69 Å². The minimum absolute atomic E-state index is 0.284. The number of esters is 1. The van der Waals surface area contributed by atoms with Crippen molar-refractivity contribution in [2.45, 2.75) is 17.5 Å². The van der Waals surface area contributed by atoms with Crippen LogP contribution in [-0.4, -0.2) is 44.8 Å². The Morgan fingerprint density at radius 3 is 3.10 bits per heavy atom. The number of ether oxygens (including phenoxy) is 1. The molecule has 0 atom stereocenters. The van der Waals surface area contributed by atoms with Gasteiger partial charge in [0.05, 0.1) is 19.3 Å². The van der Waals surface area contributed by atoms with Gasteiger partial charge in [0.2, 0.25) is 5.16 Å². The molecule has 0 aliphatic rings. The Morgan fingerprint density at radius 1 is 1.50 bits per heavy atom. The fourth-order valence-electron chi connectivity index (χ4n) is 1.48. The Labute approximate surface area is 119 Å². The van der Waals surface area contributed by atoms with Crippen molar-refractivity contribution in [1.29, 1.82) is 0 Å². The molecular weight excluding hydrogens is 280 g/mol. The van der Waals surface area contributed by atoms with E-state index >= 15 is 0 Å². The van der Waals surface area contributed by atoms with Crippen LogP contribution in [0.15, 0.2) is 23.4 Å². The average molecular weight is 294 g/mol. The number of hydrogen-bond donors (Lipinski definition) is 1. The number of pyridine rings is 1. The highest BCUT2D eigenvalue weighted by Gasteiger charge is 2.10. The molecular formula is C11H14N6O2S. The molecule has 2 aromatic rings. The summed E-state index contributed by atoms with van der Waals surface area (Å²) in [6.07, 6.45) is 0. The van der Waals surface area contributed by atoms with E-state index < -0.39 is 5.97 Å². The molecule has 0 bridgehead atoms. The summed E-state index contributed by atoms with van der Waals surface area (Å²) in [5.74, 6) is 0.0975. The van der Waals surface area contributed by atoms with Crippen LogP contribution in [-0.2, 0) is 17.0 Å². The molecule has 0 aliphatic carbocycles. The molecule has 0 fully saturated rings. The van der Waals surface area contributed by atoms with E-state index in [1.807, 2.05) is 6.07 Å². The van der Waals surface area contributed by atoms with Crippen LogP contribution in [0, 0.1) is 0 Å². The number of nitrogens with two attached hydrogens (primary N) is 1.